The molecule has 0 saturated carbocycles. The lowest BCUT2D eigenvalue weighted by atomic mass is 10.1. The van der Waals surface area contributed by atoms with Crippen LogP contribution in [0.3, 0.4) is 0 Å². The highest BCUT2D eigenvalue weighted by atomic mass is 35.5. The van der Waals surface area contributed by atoms with Crippen LogP contribution in [0.4, 0.5) is 5.13 Å². The Morgan fingerprint density at radius 3 is 2.64 bits per heavy atom. The van der Waals surface area contributed by atoms with E-state index < -0.39 is 0 Å². The molecule has 0 spiro atoms. The third-order valence-electron chi connectivity index (χ3n) is 3.74. The Morgan fingerprint density at radius 1 is 1.16 bits per heavy atom. The van der Waals surface area contributed by atoms with Gasteiger partial charge < -0.3 is 5.32 Å². The molecule has 0 aliphatic heterocycles. The van der Waals surface area contributed by atoms with Crippen molar-refractivity contribution in [2.75, 3.05) is 11.1 Å². The summed E-state index contributed by atoms with van der Waals surface area (Å²) in [5, 5.41) is 6.14. The number of anilines is 1. The number of benzene rings is 2. The molecule has 1 amide bonds. The van der Waals surface area contributed by atoms with E-state index in [0.717, 1.165) is 16.2 Å². The molecule has 1 aromatic heterocycles. The van der Waals surface area contributed by atoms with Crippen LogP contribution in [0.5, 0.6) is 0 Å². The monoisotopic (exact) mass is 388 g/mol. The molecule has 2 aromatic carbocycles. The minimum atomic E-state index is -0.0686. The standard InChI is InChI=1S/C19H17ClN2OS2/c1-12-3-4-14(9-13(12)2)17-10-25-19(21-17)22-18(23)11-24-16-7-5-15(20)6-8-16/h3-10H,11H2,1-2H3,(H,21,22,23). The molecule has 6 heteroatoms. The third-order valence-corrected chi connectivity index (χ3v) is 5.76. The van der Waals surface area contributed by atoms with E-state index in [0.29, 0.717) is 15.9 Å². The molecule has 128 valence electrons. The number of carbonyl (C=O) groups excluding carboxylic acids is 1. The molecule has 0 bridgehead atoms. The number of carbonyl (C=O) groups is 1. The summed E-state index contributed by atoms with van der Waals surface area (Å²) >= 11 is 8.76. The number of thioether (sulfide) groups is 1. The minimum absolute atomic E-state index is 0.0686. The largest absolute Gasteiger partial charge is 0.301 e. The van der Waals surface area contributed by atoms with Gasteiger partial charge in [0.1, 0.15) is 0 Å². The Labute approximate surface area is 160 Å². The minimum Gasteiger partial charge on any atom is -0.301 e. The molecule has 25 heavy (non-hydrogen) atoms. The van der Waals surface area contributed by atoms with E-state index in [1.54, 1.807) is 0 Å². The van der Waals surface area contributed by atoms with Crippen molar-refractivity contribution < 1.29 is 4.79 Å². The number of aromatic nitrogens is 1. The fourth-order valence-corrected chi connectivity index (χ4v) is 3.76. The summed E-state index contributed by atoms with van der Waals surface area (Å²) in [6.45, 7) is 4.17. The first-order valence-electron chi connectivity index (χ1n) is 7.72. The fourth-order valence-electron chi connectivity index (χ4n) is 2.20. The first-order chi connectivity index (χ1) is 12.0. The molecular weight excluding hydrogens is 372 g/mol. The number of hydrogen-bond acceptors (Lipinski definition) is 4. The molecule has 1 heterocycles. The third kappa shape index (κ3) is 4.84. The number of hydrogen-bond donors (Lipinski definition) is 1. The second-order valence-electron chi connectivity index (χ2n) is 5.63. The lowest BCUT2D eigenvalue weighted by Crippen LogP contribution is -2.13. The van der Waals surface area contributed by atoms with Crippen LogP contribution in [0.15, 0.2) is 52.7 Å². The summed E-state index contributed by atoms with van der Waals surface area (Å²) in [7, 11) is 0. The Balaban J connectivity index is 1.59. The second-order valence-corrected chi connectivity index (χ2v) is 7.97. The topological polar surface area (TPSA) is 42.0 Å². The van der Waals surface area contributed by atoms with Crippen LogP contribution in [0.2, 0.25) is 5.02 Å². The molecule has 0 unspecified atom stereocenters. The number of nitrogens with zero attached hydrogens (tertiary/aromatic N) is 1. The summed E-state index contributed by atoms with van der Waals surface area (Å²) in [5.41, 5.74) is 4.44. The molecule has 0 aliphatic rings. The van der Waals surface area contributed by atoms with Gasteiger partial charge in [-0.25, -0.2) is 4.98 Å². The van der Waals surface area contributed by atoms with Crippen molar-refractivity contribution in [1.82, 2.24) is 4.98 Å². The Morgan fingerprint density at radius 2 is 1.92 bits per heavy atom. The Kier molecular flexibility index (Phi) is 5.78. The molecule has 3 rings (SSSR count). The van der Waals surface area contributed by atoms with Gasteiger partial charge in [-0.3, -0.25) is 4.79 Å². The van der Waals surface area contributed by atoms with Gasteiger partial charge in [0, 0.05) is 20.9 Å². The van der Waals surface area contributed by atoms with Crippen LogP contribution < -0.4 is 5.32 Å². The quantitative estimate of drug-likeness (QED) is 0.560. The number of aryl methyl sites for hydroxylation is 2. The summed E-state index contributed by atoms with van der Waals surface area (Å²) in [4.78, 5) is 17.6. The second kappa shape index (κ2) is 8.04. The van der Waals surface area contributed by atoms with Gasteiger partial charge in [0.15, 0.2) is 5.13 Å². The number of thiazole rings is 1. The normalized spacial score (nSPS) is 10.7. The van der Waals surface area contributed by atoms with Crippen molar-refractivity contribution in [2.24, 2.45) is 0 Å². The van der Waals surface area contributed by atoms with Gasteiger partial charge in [0.2, 0.25) is 5.91 Å². The molecule has 0 aliphatic carbocycles. The van der Waals surface area contributed by atoms with Gasteiger partial charge in [-0.2, -0.15) is 0 Å². The van der Waals surface area contributed by atoms with Gasteiger partial charge >= 0.3 is 0 Å². The maximum atomic E-state index is 12.1. The molecular formula is C19H17ClN2OS2. The van der Waals surface area contributed by atoms with E-state index in [1.165, 1.54) is 34.2 Å². The molecule has 3 aromatic rings. The summed E-state index contributed by atoms with van der Waals surface area (Å²) in [5.74, 6) is 0.265. The van der Waals surface area contributed by atoms with Crippen molar-refractivity contribution in [3.05, 3.63) is 64.0 Å². The summed E-state index contributed by atoms with van der Waals surface area (Å²) in [6, 6.07) is 13.7. The maximum absolute atomic E-state index is 12.1. The zero-order chi connectivity index (χ0) is 17.8. The lowest BCUT2D eigenvalue weighted by molar-refractivity contribution is -0.113. The van der Waals surface area contributed by atoms with Gasteiger partial charge in [0.05, 0.1) is 11.4 Å². The first-order valence-corrected chi connectivity index (χ1v) is 9.97. The number of nitrogens with one attached hydrogen (secondary N) is 1. The van der Waals surface area contributed by atoms with Gasteiger partial charge in [0.25, 0.3) is 0 Å². The molecule has 0 fully saturated rings. The van der Waals surface area contributed by atoms with E-state index in [9.17, 15) is 4.79 Å². The number of amides is 1. The van der Waals surface area contributed by atoms with E-state index in [2.05, 4.69) is 42.3 Å². The molecule has 0 radical (unpaired) electrons. The van der Waals surface area contributed by atoms with Crippen LogP contribution in [-0.4, -0.2) is 16.6 Å². The van der Waals surface area contributed by atoms with E-state index in [-0.39, 0.29) is 5.91 Å². The van der Waals surface area contributed by atoms with Gasteiger partial charge in [-0.05, 0) is 55.3 Å². The highest BCUT2D eigenvalue weighted by Gasteiger charge is 2.09. The smallest absolute Gasteiger partial charge is 0.236 e. The molecule has 3 nitrogen and oxygen atoms in total. The average Bonchev–Trinajstić information content (AvgIpc) is 3.05. The van der Waals surface area contributed by atoms with Crippen molar-refractivity contribution in [1.29, 1.82) is 0 Å². The van der Waals surface area contributed by atoms with Crippen molar-refractivity contribution >= 4 is 45.7 Å². The molecule has 0 saturated heterocycles. The number of halogens is 1. The highest BCUT2D eigenvalue weighted by Crippen LogP contribution is 2.27. The van der Waals surface area contributed by atoms with E-state index in [4.69, 9.17) is 11.6 Å². The maximum Gasteiger partial charge on any atom is 0.236 e. The van der Waals surface area contributed by atoms with Crippen LogP contribution in [-0.2, 0) is 4.79 Å². The lowest BCUT2D eigenvalue weighted by Gasteiger charge is -2.03. The zero-order valence-corrected chi connectivity index (χ0v) is 16.3. The SMILES string of the molecule is Cc1ccc(-c2csc(NC(=O)CSc3ccc(Cl)cc3)n2)cc1C. The van der Waals surface area contributed by atoms with Crippen LogP contribution in [0.1, 0.15) is 11.1 Å². The Bertz CT molecular complexity index is 891. The van der Waals surface area contributed by atoms with Gasteiger partial charge in [-0.1, -0.05) is 23.7 Å². The first kappa shape index (κ1) is 18.0. The van der Waals surface area contributed by atoms with Crippen molar-refractivity contribution in [2.45, 2.75) is 18.7 Å². The summed E-state index contributed by atoms with van der Waals surface area (Å²) in [6.07, 6.45) is 0. The zero-order valence-electron chi connectivity index (χ0n) is 13.9. The van der Waals surface area contributed by atoms with Crippen LogP contribution in [0.25, 0.3) is 11.3 Å². The Hall–Kier alpha value is -1.82. The van der Waals surface area contributed by atoms with Crippen LogP contribution in [0, 0.1) is 13.8 Å². The van der Waals surface area contributed by atoms with Crippen molar-refractivity contribution in [3.8, 4) is 11.3 Å². The summed E-state index contributed by atoms with van der Waals surface area (Å²) < 4.78 is 0. The average molecular weight is 389 g/mol. The molecule has 0 atom stereocenters. The fraction of sp³-hybridized carbons (Fsp3) is 0.158. The van der Waals surface area contributed by atoms with E-state index in [1.807, 2.05) is 29.6 Å². The predicted octanol–water partition coefficient (Wildman–Crippen LogP) is 5.81. The highest BCUT2D eigenvalue weighted by molar-refractivity contribution is 8.00. The van der Waals surface area contributed by atoms with Gasteiger partial charge in [-0.15, -0.1) is 23.1 Å². The molecule has 1 N–H and O–H groups in total. The number of rotatable bonds is 5. The predicted molar refractivity (Wildman–Crippen MR) is 108 cm³/mol. The van der Waals surface area contributed by atoms with Crippen LogP contribution >= 0.6 is 34.7 Å². The van der Waals surface area contributed by atoms with E-state index >= 15 is 0 Å². The van der Waals surface area contributed by atoms with Crippen molar-refractivity contribution in [3.63, 3.8) is 0 Å².